The highest BCUT2D eigenvalue weighted by molar-refractivity contribution is 9.10. The van der Waals surface area contributed by atoms with Gasteiger partial charge in [0.25, 0.3) is 0 Å². The molecule has 1 heterocycles. The van der Waals surface area contributed by atoms with E-state index in [1.54, 1.807) is 0 Å². The van der Waals surface area contributed by atoms with E-state index in [9.17, 15) is 0 Å². The van der Waals surface area contributed by atoms with Crippen molar-refractivity contribution >= 4 is 62.4 Å². The third kappa shape index (κ3) is 2.21. The van der Waals surface area contributed by atoms with Crippen LogP contribution >= 0.6 is 51.3 Å². The molecule has 0 unspecified atom stereocenters. The molecule has 0 aliphatic heterocycles. The first-order valence-electron chi connectivity index (χ1n) is 5.84. The minimum absolute atomic E-state index is 0.472. The van der Waals surface area contributed by atoms with E-state index in [1.807, 2.05) is 35.8 Å². The fraction of sp³-hybridized carbons (Fsp3) is 0.0714. The van der Waals surface area contributed by atoms with Gasteiger partial charge in [-0.1, -0.05) is 29.3 Å². The third-order valence-electron chi connectivity index (χ3n) is 3.09. The molecule has 0 aliphatic carbocycles. The molecule has 0 atom stereocenters. The Bertz CT molecular complexity index is 883. The molecule has 2 nitrogen and oxygen atoms in total. The Kier molecular flexibility index (Phi) is 3.67. The first kappa shape index (κ1) is 14.1. The zero-order valence-electron chi connectivity index (χ0n) is 10.4. The Morgan fingerprint density at radius 3 is 2.65 bits per heavy atom. The monoisotopic (exact) mass is 386 g/mol. The van der Waals surface area contributed by atoms with Gasteiger partial charge in [0.05, 0.1) is 26.8 Å². The van der Waals surface area contributed by atoms with Gasteiger partial charge >= 0.3 is 0 Å². The minimum atomic E-state index is 0.472. The van der Waals surface area contributed by atoms with Crippen LogP contribution in [0.25, 0.3) is 16.7 Å². The van der Waals surface area contributed by atoms with Gasteiger partial charge in [0.15, 0.2) is 4.77 Å². The molecule has 0 saturated carbocycles. The van der Waals surface area contributed by atoms with Crippen LogP contribution in [0.15, 0.2) is 34.8 Å². The molecule has 0 radical (unpaired) electrons. The highest BCUT2D eigenvalue weighted by Crippen LogP contribution is 2.36. The Labute approximate surface area is 139 Å². The Morgan fingerprint density at radius 1 is 1.15 bits per heavy atom. The second kappa shape index (κ2) is 5.19. The molecule has 2 aromatic carbocycles. The van der Waals surface area contributed by atoms with Crippen molar-refractivity contribution < 1.29 is 0 Å². The van der Waals surface area contributed by atoms with Crippen LogP contribution in [-0.4, -0.2) is 9.55 Å². The summed E-state index contributed by atoms with van der Waals surface area (Å²) in [6.45, 7) is 2.04. The first-order chi connectivity index (χ1) is 9.49. The van der Waals surface area contributed by atoms with Crippen LogP contribution in [-0.2, 0) is 0 Å². The number of halogens is 3. The third-order valence-corrected chi connectivity index (χ3v) is 5.14. The number of aromatic nitrogens is 2. The molecule has 3 rings (SSSR count). The molecule has 3 aromatic rings. The van der Waals surface area contributed by atoms with Crippen molar-refractivity contribution in [3.63, 3.8) is 0 Å². The second-order valence-electron chi connectivity index (χ2n) is 4.48. The number of nitrogens with zero attached hydrogens (tertiary/aromatic N) is 1. The number of fused-ring (bicyclic) bond motifs is 1. The highest BCUT2D eigenvalue weighted by atomic mass is 79.9. The van der Waals surface area contributed by atoms with Gasteiger partial charge in [-0.05, 0) is 64.9 Å². The molecular formula is C14H9BrCl2N2S. The first-order valence-corrected chi connectivity index (χ1v) is 7.80. The summed E-state index contributed by atoms with van der Waals surface area (Å²) in [5.41, 5.74) is 3.87. The number of hydrogen-bond acceptors (Lipinski definition) is 1. The van der Waals surface area contributed by atoms with Crippen molar-refractivity contribution in [2.24, 2.45) is 0 Å². The van der Waals surface area contributed by atoms with E-state index in [1.165, 1.54) is 0 Å². The van der Waals surface area contributed by atoms with Crippen molar-refractivity contribution in [3.8, 4) is 5.69 Å². The van der Waals surface area contributed by atoms with E-state index in [-0.39, 0.29) is 0 Å². The molecule has 20 heavy (non-hydrogen) atoms. The number of hydrogen-bond donors (Lipinski definition) is 1. The fourth-order valence-electron chi connectivity index (χ4n) is 2.14. The molecule has 0 saturated heterocycles. The molecule has 0 spiro atoms. The van der Waals surface area contributed by atoms with Crippen molar-refractivity contribution in [2.45, 2.75) is 6.92 Å². The predicted molar refractivity (Wildman–Crippen MR) is 90.9 cm³/mol. The fourth-order valence-corrected chi connectivity index (χ4v) is 3.30. The van der Waals surface area contributed by atoms with E-state index in [2.05, 4.69) is 27.0 Å². The molecular weight excluding hydrogens is 379 g/mol. The molecule has 0 bridgehead atoms. The minimum Gasteiger partial charge on any atom is -0.330 e. The van der Waals surface area contributed by atoms with Crippen molar-refractivity contribution in [1.29, 1.82) is 0 Å². The van der Waals surface area contributed by atoms with Gasteiger partial charge < -0.3 is 4.98 Å². The number of imidazole rings is 1. The highest BCUT2D eigenvalue weighted by Gasteiger charge is 2.13. The average molecular weight is 388 g/mol. The molecule has 1 aromatic heterocycles. The van der Waals surface area contributed by atoms with Crippen molar-refractivity contribution in [2.75, 3.05) is 0 Å². The van der Waals surface area contributed by atoms with E-state index < -0.39 is 0 Å². The van der Waals surface area contributed by atoms with Crippen LogP contribution in [0.3, 0.4) is 0 Å². The summed E-state index contributed by atoms with van der Waals surface area (Å²) in [5.74, 6) is 0. The second-order valence-corrected chi connectivity index (χ2v) is 6.48. The standard InChI is InChI=1S/C14H9BrCl2N2S/c1-7-2-4-9-11(6-7)19(14(20)18-9)10-5-3-8(15)12(16)13(10)17/h2-6H,1H3,(H,18,20). The van der Waals surface area contributed by atoms with E-state index in [0.717, 1.165) is 26.8 Å². The summed E-state index contributed by atoms with van der Waals surface area (Å²) in [6, 6.07) is 9.86. The summed E-state index contributed by atoms with van der Waals surface area (Å²) in [7, 11) is 0. The summed E-state index contributed by atoms with van der Waals surface area (Å²) < 4.78 is 3.25. The number of aryl methyl sites for hydroxylation is 1. The van der Waals surface area contributed by atoms with Crippen LogP contribution in [0.1, 0.15) is 5.56 Å². The Morgan fingerprint density at radius 2 is 1.90 bits per heavy atom. The molecule has 6 heteroatoms. The normalized spacial score (nSPS) is 11.2. The van der Waals surface area contributed by atoms with Crippen LogP contribution in [0.4, 0.5) is 0 Å². The molecule has 0 aliphatic rings. The van der Waals surface area contributed by atoms with Crippen LogP contribution in [0.5, 0.6) is 0 Å². The zero-order valence-corrected chi connectivity index (χ0v) is 14.3. The lowest BCUT2D eigenvalue weighted by atomic mass is 10.2. The lowest BCUT2D eigenvalue weighted by molar-refractivity contribution is 1.06. The van der Waals surface area contributed by atoms with Gasteiger partial charge in [-0.25, -0.2) is 0 Å². The number of aromatic amines is 1. The van der Waals surface area contributed by atoms with Gasteiger partial charge in [0.1, 0.15) is 0 Å². The van der Waals surface area contributed by atoms with Crippen molar-refractivity contribution in [3.05, 3.63) is 55.2 Å². The number of benzene rings is 2. The SMILES string of the molecule is Cc1ccc2[nH]c(=S)n(-c3ccc(Br)c(Cl)c3Cl)c2c1. The van der Waals surface area contributed by atoms with Crippen LogP contribution in [0.2, 0.25) is 10.0 Å². The summed E-state index contributed by atoms with van der Waals surface area (Å²) in [4.78, 5) is 3.18. The Hall–Kier alpha value is -0.810. The maximum atomic E-state index is 6.36. The van der Waals surface area contributed by atoms with Gasteiger partial charge in [-0.15, -0.1) is 0 Å². The topological polar surface area (TPSA) is 20.7 Å². The quantitative estimate of drug-likeness (QED) is 0.397. The van der Waals surface area contributed by atoms with Gasteiger partial charge in [0.2, 0.25) is 0 Å². The average Bonchev–Trinajstić information content (AvgIpc) is 2.72. The number of rotatable bonds is 1. The summed E-state index contributed by atoms with van der Waals surface area (Å²) in [6.07, 6.45) is 0. The largest absolute Gasteiger partial charge is 0.330 e. The van der Waals surface area contributed by atoms with Gasteiger partial charge in [-0.2, -0.15) is 0 Å². The molecule has 0 fully saturated rings. The van der Waals surface area contributed by atoms with Gasteiger partial charge in [-0.3, -0.25) is 4.57 Å². The number of H-pyrrole nitrogens is 1. The summed E-state index contributed by atoms with van der Waals surface area (Å²) >= 11 is 21.3. The van der Waals surface area contributed by atoms with Crippen LogP contribution < -0.4 is 0 Å². The summed E-state index contributed by atoms with van der Waals surface area (Å²) in [5, 5.41) is 0.951. The Balaban J connectivity index is 2.41. The van der Waals surface area contributed by atoms with E-state index in [0.29, 0.717) is 14.8 Å². The van der Waals surface area contributed by atoms with E-state index >= 15 is 0 Å². The molecule has 0 amide bonds. The number of nitrogens with one attached hydrogen (secondary N) is 1. The predicted octanol–water partition coefficient (Wildman–Crippen LogP) is 6.07. The lowest BCUT2D eigenvalue weighted by Crippen LogP contribution is -1.96. The van der Waals surface area contributed by atoms with E-state index in [4.69, 9.17) is 35.4 Å². The smallest absolute Gasteiger partial charge is 0.182 e. The van der Waals surface area contributed by atoms with Crippen LogP contribution in [0, 0.1) is 11.7 Å². The van der Waals surface area contributed by atoms with Crippen molar-refractivity contribution in [1.82, 2.24) is 9.55 Å². The zero-order chi connectivity index (χ0) is 14.4. The maximum Gasteiger partial charge on any atom is 0.182 e. The molecule has 102 valence electrons. The molecule has 1 N–H and O–H groups in total. The maximum absolute atomic E-state index is 6.36. The lowest BCUT2D eigenvalue weighted by Gasteiger charge is -2.09. The van der Waals surface area contributed by atoms with Gasteiger partial charge in [0, 0.05) is 4.47 Å².